The van der Waals surface area contributed by atoms with Crippen molar-refractivity contribution in [3.05, 3.63) is 56.8 Å². The highest BCUT2D eigenvalue weighted by molar-refractivity contribution is 9.09. The van der Waals surface area contributed by atoms with Crippen LogP contribution in [0.15, 0.2) is 30.3 Å². The Morgan fingerprint density at radius 1 is 1.11 bits per heavy atom. The average molecular weight is 321 g/mol. The fourth-order valence-corrected chi connectivity index (χ4v) is 4.52. The molecule has 0 bridgehead atoms. The number of alkyl halides is 1. The Morgan fingerprint density at radius 2 is 1.83 bits per heavy atom. The molecular formula is C16H17BrS. The van der Waals surface area contributed by atoms with Crippen LogP contribution < -0.4 is 0 Å². The molecule has 1 aliphatic rings. The molecule has 0 saturated heterocycles. The van der Waals surface area contributed by atoms with Crippen LogP contribution in [0.25, 0.3) is 0 Å². The first-order valence-electron chi connectivity index (χ1n) is 6.56. The van der Waals surface area contributed by atoms with E-state index in [0.29, 0.717) is 4.83 Å². The molecule has 1 atom stereocenters. The van der Waals surface area contributed by atoms with Gasteiger partial charge in [-0.1, -0.05) is 45.8 Å². The van der Waals surface area contributed by atoms with Gasteiger partial charge in [0.25, 0.3) is 0 Å². The van der Waals surface area contributed by atoms with E-state index in [4.69, 9.17) is 0 Å². The molecule has 0 amide bonds. The summed E-state index contributed by atoms with van der Waals surface area (Å²) in [6.07, 6.45) is 5.29. The zero-order valence-electron chi connectivity index (χ0n) is 10.6. The van der Waals surface area contributed by atoms with E-state index >= 15 is 0 Å². The fourth-order valence-electron chi connectivity index (χ4n) is 2.54. The third kappa shape index (κ3) is 2.41. The maximum absolute atomic E-state index is 3.86. The Balaban J connectivity index is 1.89. The number of thiophene rings is 1. The number of hydrogen-bond acceptors (Lipinski definition) is 1. The molecule has 94 valence electrons. The molecule has 0 spiro atoms. The Hall–Kier alpha value is -0.600. The highest BCUT2D eigenvalue weighted by atomic mass is 79.9. The number of halogens is 1. The maximum Gasteiger partial charge on any atom is 0.0738 e. The second-order valence-corrected chi connectivity index (χ2v) is 7.16. The van der Waals surface area contributed by atoms with Gasteiger partial charge in [-0.25, -0.2) is 0 Å². The van der Waals surface area contributed by atoms with Crippen LogP contribution in [-0.4, -0.2) is 0 Å². The summed E-state index contributed by atoms with van der Waals surface area (Å²) in [5.41, 5.74) is 4.28. The Morgan fingerprint density at radius 3 is 2.56 bits per heavy atom. The molecule has 0 fully saturated rings. The smallest absolute Gasteiger partial charge is 0.0738 e. The second kappa shape index (κ2) is 5.18. The van der Waals surface area contributed by atoms with E-state index in [2.05, 4.69) is 53.2 Å². The molecule has 0 saturated carbocycles. The topological polar surface area (TPSA) is 0 Å². The molecule has 1 aliphatic carbocycles. The van der Waals surface area contributed by atoms with Crippen LogP contribution in [0.5, 0.6) is 0 Å². The predicted octanol–water partition coefficient (Wildman–Crippen LogP) is 5.42. The average Bonchev–Trinajstić information content (AvgIpc) is 2.82. The predicted molar refractivity (Wildman–Crippen MR) is 82.9 cm³/mol. The van der Waals surface area contributed by atoms with Gasteiger partial charge in [0, 0.05) is 9.75 Å². The van der Waals surface area contributed by atoms with Crippen LogP contribution in [0.1, 0.15) is 44.1 Å². The normalized spacial score (nSPS) is 16.3. The SMILES string of the molecule is Cc1ccc(C(Br)c2cc3c(s2)CCCC3)cc1. The van der Waals surface area contributed by atoms with Gasteiger partial charge in [-0.15, -0.1) is 11.3 Å². The second-order valence-electron chi connectivity index (χ2n) is 5.08. The largest absolute Gasteiger partial charge is 0.144 e. The molecule has 1 unspecified atom stereocenters. The fraction of sp³-hybridized carbons (Fsp3) is 0.375. The third-order valence-electron chi connectivity index (χ3n) is 3.64. The molecule has 0 nitrogen and oxygen atoms in total. The summed E-state index contributed by atoms with van der Waals surface area (Å²) in [5, 5.41) is 0. The molecule has 1 aromatic heterocycles. The first-order chi connectivity index (χ1) is 8.74. The van der Waals surface area contributed by atoms with Gasteiger partial charge in [0.1, 0.15) is 0 Å². The number of rotatable bonds is 2. The standard InChI is InChI=1S/C16H17BrS/c1-11-6-8-12(9-7-11)16(17)15-10-13-4-2-3-5-14(13)18-15/h6-10,16H,2-5H2,1H3. The van der Waals surface area contributed by atoms with Gasteiger partial charge in [-0.3, -0.25) is 0 Å². The van der Waals surface area contributed by atoms with E-state index in [0.717, 1.165) is 0 Å². The van der Waals surface area contributed by atoms with Crippen LogP contribution in [0.2, 0.25) is 0 Å². The number of hydrogen-bond donors (Lipinski definition) is 0. The number of benzene rings is 1. The zero-order valence-corrected chi connectivity index (χ0v) is 13.0. The summed E-state index contributed by atoms with van der Waals surface area (Å²) in [4.78, 5) is 3.44. The lowest BCUT2D eigenvalue weighted by Gasteiger charge is -2.08. The lowest BCUT2D eigenvalue weighted by molar-refractivity contribution is 0.697. The summed E-state index contributed by atoms with van der Waals surface area (Å²) < 4.78 is 0. The van der Waals surface area contributed by atoms with Crippen LogP contribution in [0.4, 0.5) is 0 Å². The van der Waals surface area contributed by atoms with Crippen molar-refractivity contribution < 1.29 is 0 Å². The molecular weight excluding hydrogens is 304 g/mol. The summed E-state index contributed by atoms with van der Waals surface area (Å²) in [6, 6.07) is 11.3. The summed E-state index contributed by atoms with van der Waals surface area (Å²) in [5.74, 6) is 0. The van der Waals surface area contributed by atoms with Crippen molar-refractivity contribution in [3.63, 3.8) is 0 Å². The van der Waals surface area contributed by atoms with Crippen molar-refractivity contribution in [2.75, 3.05) is 0 Å². The van der Waals surface area contributed by atoms with Crippen molar-refractivity contribution in [2.45, 2.75) is 37.4 Å². The summed E-state index contributed by atoms with van der Waals surface area (Å²) in [6.45, 7) is 2.14. The minimum Gasteiger partial charge on any atom is -0.144 e. The molecule has 18 heavy (non-hydrogen) atoms. The van der Waals surface area contributed by atoms with Gasteiger partial charge in [0.15, 0.2) is 0 Å². The van der Waals surface area contributed by atoms with Gasteiger partial charge in [-0.2, -0.15) is 0 Å². The summed E-state index contributed by atoms with van der Waals surface area (Å²) in [7, 11) is 0. The van der Waals surface area contributed by atoms with E-state index in [9.17, 15) is 0 Å². The maximum atomic E-state index is 3.86. The minimum atomic E-state index is 0.355. The third-order valence-corrected chi connectivity index (χ3v) is 6.26. The highest BCUT2D eigenvalue weighted by Crippen LogP contribution is 2.39. The lowest BCUT2D eigenvalue weighted by atomic mass is 9.98. The molecule has 1 heterocycles. The number of fused-ring (bicyclic) bond motifs is 1. The molecule has 2 heteroatoms. The zero-order chi connectivity index (χ0) is 12.5. The van der Waals surface area contributed by atoms with Gasteiger partial charge in [0.05, 0.1) is 4.83 Å². The van der Waals surface area contributed by atoms with Crippen LogP contribution in [-0.2, 0) is 12.8 Å². The van der Waals surface area contributed by atoms with Crippen LogP contribution in [0, 0.1) is 6.92 Å². The van der Waals surface area contributed by atoms with Crippen molar-refractivity contribution in [2.24, 2.45) is 0 Å². The number of aryl methyl sites for hydroxylation is 3. The van der Waals surface area contributed by atoms with E-state index in [1.165, 1.54) is 41.7 Å². The van der Waals surface area contributed by atoms with Gasteiger partial charge < -0.3 is 0 Å². The molecule has 2 aromatic rings. The monoisotopic (exact) mass is 320 g/mol. The Labute approximate surface area is 121 Å². The molecule has 0 radical (unpaired) electrons. The van der Waals surface area contributed by atoms with Gasteiger partial charge >= 0.3 is 0 Å². The van der Waals surface area contributed by atoms with Crippen molar-refractivity contribution in [1.29, 1.82) is 0 Å². The van der Waals surface area contributed by atoms with E-state index in [1.807, 2.05) is 11.3 Å². The van der Waals surface area contributed by atoms with Crippen molar-refractivity contribution >= 4 is 27.3 Å². The lowest BCUT2D eigenvalue weighted by Crippen LogP contribution is -1.96. The first-order valence-corrected chi connectivity index (χ1v) is 8.29. The molecule has 0 aliphatic heterocycles. The van der Waals surface area contributed by atoms with E-state index < -0.39 is 0 Å². The molecule has 3 rings (SSSR count). The summed E-state index contributed by atoms with van der Waals surface area (Å²) >= 11 is 5.85. The van der Waals surface area contributed by atoms with Gasteiger partial charge in [0.2, 0.25) is 0 Å². The Bertz CT molecular complexity index is 515. The highest BCUT2D eigenvalue weighted by Gasteiger charge is 2.18. The minimum absolute atomic E-state index is 0.355. The van der Waals surface area contributed by atoms with Crippen molar-refractivity contribution in [3.8, 4) is 0 Å². The van der Waals surface area contributed by atoms with E-state index in [1.54, 1.807) is 10.4 Å². The molecule has 0 N–H and O–H groups in total. The van der Waals surface area contributed by atoms with Gasteiger partial charge in [-0.05, 0) is 49.8 Å². The Kier molecular flexibility index (Phi) is 3.58. The van der Waals surface area contributed by atoms with Crippen molar-refractivity contribution in [1.82, 2.24) is 0 Å². The van der Waals surface area contributed by atoms with Crippen LogP contribution in [0.3, 0.4) is 0 Å². The quantitative estimate of drug-likeness (QED) is 0.648. The van der Waals surface area contributed by atoms with E-state index in [-0.39, 0.29) is 0 Å². The first kappa shape index (κ1) is 12.4. The van der Waals surface area contributed by atoms with Crippen LogP contribution >= 0.6 is 27.3 Å². The molecule has 1 aromatic carbocycles.